The molecule has 2 aliphatic rings. The Morgan fingerprint density at radius 3 is 2.52 bits per heavy atom. The zero-order valence-electron chi connectivity index (χ0n) is 14.8. The van der Waals surface area contributed by atoms with Gasteiger partial charge in [-0.05, 0) is 36.0 Å². The molecule has 0 N–H and O–H groups in total. The summed E-state index contributed by atoms with van der Waals surface area (Å²) in [7, 11) is 0. The van der Waals surface area contributed by atoms with Crippen LogP contribution in [-0.4, -0.2) is 54.6 Å². The van der Waals surface area contributed by atoms with Crippen LogP contribution in [0.2, 0.25) is 0 Å². The maximum absolute atomic E-state index is 12.7. The lowest BCUT2D eigenvalue weighted by Crippen LogP contribution is -2.51. The summed E-state index contributed by atoms with van der Waals surface area (Å²) in [5, 5.41) is 0. The van der Waals surface area contributed by atoms with E-state index in [0.717, 1.165) is 10.9 Å². The van der Waals surface area contributed by atoms with Gasteiger partial charge in [-0.25, -0.2) is 4.79 Å². The van der Waals surface area contributed by atoms with E-state index in [1.165, 1.54) is 5.56 Å². The lowest BCUT2D eigenvalue weighted by molar-refractivity contribution is -0.134. The molecule has 1 saturated heterocycles. The van der Waals surface area contributed by atoms with Crippen molar-refractivity contribution in [1.29, 1.82) is 0 Å². The predicted molar refractivity (Wildman–Crippen MR) is 99.3 cm³/mol. The van der Waals surface area contributed by atoms with Crippen molar-refractivity contribution in [2.45, 2.75) is 26.2 Å². The number of piperazine rings is 1. The van der Waals surface area contributed by atoms with E-state index in [-0.39, 0.29) is 17.9 Å². The predicted octanol–water partition coefficient (Wildman–Crippen LogP) is 3.49. The molecule has 2 amide bonds. The SMILES string of the molecule is CC(C)COC(=O)N1CCN(C(=O)C2CC2c2cccc(Br)c2)CC1. The monoisotopic (exact) mass is 408 g/mol. The highest BCUT2D eigenvalue weighted by molar-refractivity contribution is 9.10. The highest BCUT2D eigenvalue weighted by Crippen LogP contribution is 2.48. The van der Waals surface area contributed by atoms with Crippen molar-refractivity contribution in [3.05, 3.63) is 34.3 Å². The van der Waals surface area contributed by atoms with Crippen LogP contribution in [0.1, 0.15) is 31.7 Å². The third-order valence-corrected chi connectivity index (χ3v) is 5.27. The highest BCUT2D eigenvalue weighted by Gasteiger charge is 2.46. The molecule has 0 bridgehead atoms. The van der Waals surface area contributed by atoms with Crippen LogP contribution in [0, 0.1) is 11.8 Å². The average Bonchev–Trinajstić information content (AvgIpc) is 3.40. The minimum absolute atomic E-state index is 0.0914. The Labute approximate surface area is 157 Å². The van der Waals surface area contributed by atoms with Gasteiger partial charge in [-0.3, -0.25) is 4.79 Å². The second-order valence-corrected chi connectivity index (χ2v) is 8.20. The molecule has 0 radical (unpaired) electrons. The molecule has 3 rings (SSSR count). The first kappa shape index (κ1) is 18.2. The number of rotatable bonds is 4. The van der Waals surface area contributed by atoms with Crippen LogP contribution >= 0.6 is 15.9 Å². The van der Waals surface area contributed by atoms with E-state index >= 15 is 0 Å². The number of nitrogens with zero attached hydrogens (tertiary/aromatic N) is 2. The van der Waals surface area contributed by atoms with Gasteiger partial charge in [-0.15, -0.1) is 0 Å². The maximum atomic E-state index is 12.7. The second kappa shape index (κ2) is 7.77. The number of carbonyl (C=O) groups is 2. The lowest BCUT2D eigenvalue weighted by atomic mass is 10.1. The van der Waals surface area contributed by atoms with Gasteiger partial charge in [0.2, 0.25) is 5.91 Å². The van der Waals surface area contributed by atoms with Crippen molar-refractivity contribution in [2.75, 3.05) is 32.8 Å². The van der Waals surface area contributed by atoms with Crippen LogP contribution in [0.3, 0.4) is 0 Å². The van der Waals surface area contributed by atoms with Crippen molar-refractivity contribution in [2.24, 2.45) is 11.8 Å². The number of carbonyl (C=O) groups excluding carboxylic acids is 2. The summed E-state index contributed by atoms with van der Waals surface area (Å²) in [5.41, 5.74) is 1.23. The van der Waals surface area contributed by atoms with E-state index in [4.69, 9.17) is 4.74 Å². The van der Waals surface area contributed by atoms with Gasteiger partial charge in [0.25, 0.3) is 0 Å². The maximum Gasteiger partial charge on any atom is 0.409 e. The molecular weight excluding hydrogens is 384 g/mol. The van der Waals surface area contributed by atoms with Crippen LogP contribution in [0.25, 0.3) is 0 Å². The molecule has 6 heteroatoms. The summed E-state index contributed by atoms with van der Waals surface area (Å²) < 4.78 is 6.32. The van der Waals surface area contributed by atoms with E-state index in [1.54, 1.807) is 4.90 Å². The Hall–Kier alpha value is -1.56. The minimum atomic E-state index is -0.265. The highest BCUT2D eigenvalue weighted by atomic mass is 79.9. The Morgan fingerprint density at radius 1 is 1.20 bits per heavy atom. The van der Waals surface area contributed by atoms with Crippen LogP contribution in [-0.2, 0) is 9.53 Å². The molecule has 25 heavy (non-hydrogen) atoms. The number of halogens is 1. The van der Waals surface area contributed by atoms with Gasteiger partial charge < -0.3 is 14.5 Å². The molecule has 2 fully saturated rings. The fraction of sp³-hybridized carbons (Fsp3) is 0.579. The Kier molecular flexibility index (Phi) is 5.67. The van der Waals surface area contributed by atoms with Crippen molar-refractivity contribution in [3.8, 4) is 0 Å². The molecule has 136 valence electrons. The molecule has 1 aliphatic carbocycles. The zero-order valence-corrected chi connectivity index (χ0v) is 16.4. The number of hydrogen-bond acceptors (Lipinski definition) is 3. The summed E-state index contributed by atoms with van der Waals surface area (Å²) in [5.74, 6) is 0.976. The van der Waals surface area contributed by atoms with Gasteiger partial charge in [0.15, 0.2) is 0 Å². The fourth-order valence-electron chi connectivity index (χ4n) is 3.25. The molecule has 2 atom stereocenters. The van der Waals surface area contributed by atoms with Crippen LogP contribution in [0.4, 0.5) is 4.79 Å². The summed E-state index contributed by atoms with van der Waals surface area (Å²) in [4.78, 5) is 28.3. The number of ether oxygens (including phenoxy) is 1. The zero-order chi connectivity index (χ0) is 18.0. The first-order valence-electron chi connectivity index (χ1n) is 8.91. The smallest absolute Gasteiger partial charge is 0.409 e. The fourth-order valence-corrected chi connectivity index (χ4v) is 3.66. The normalized spacial score (nSPS) is 22.9. The molecule has 1 saturated carbocycles. The van der Waals surface area contributed by atoms with Crippen molar-refractivity contribution >= 4 is 27.9 Å². The van der Waals surface area contributed by atoms with Gasteiger partial charge in [0.05, 0.1) is 6.61 Å². The quantitative estimate of drug-likeness (QED) is 0.765. The van der Waals surface area contributed by atoms with E-state index in [0.29, 0.717) is 44.6 Å². The number of benzene rings is 1. The van der Waals surface area contributed by atoms with E-state index in [9.17, 15) is 9.59 Å². The molecule has 1 aromatic rings. The number of amides is 2. The van der Waals surface area contributed by atoms with E-state index in [1.807, 2.05) is 30.9 Å². The molecule has 1 heterocycles. The summed E-state index contributed by atoms with van der Waals surface area (Å²) in [6, 6.07) is 8.20. The molecule has 1 aromatic carbocycles. The average molecular weight is 409 g/mol. The van der Waals surface area contributed by atoms with E-state index < -0.39 is 0 Å². The lowest BCUT2D eigenvalue weighted by Gasteiger charge is -2.34. The van der Waals surface area contributed by atoms with Crippen LogP contribution in [0.15, 0.2) is 28.7 Å². The molecule has 5 nitrogen and oxygen atoms in total. The van der Waals surface area contributed by atoms with Gasteiger partial charge in [0.1, 0.15) is 0 Å². The Balaban J connectivity index is 1.47. The van der Waals surface area contributed by atoms with Crippen LogP contribution < -0.4 is 0 Å². The topological polar surface area (TPSA) is 49.9 Å². The van der Waals surface area contributed by atoms with Crippen molar-refractivity contribution in [3.63, 3.8) is 0 Å². The second-order valence-electron chi connectivity index (χ2n) is 7.29. The van der Waals surface area contributed by atoms with Gasteiger partial charge in [-0.2, -0.15) is 0 Å². The van der Waals surface area contributed by atoms with Gasteiger partial charge in [0, 0.05) is 36.6 Å². The van der Waals surface area contributed by atoms with Crippen LogP contribution in [0.5, 0.6) is 0 Å². The molecule has 1 aliphatic heterocycles. The third kappa shape index (κ3) is 4.54. The Morgan fingerprint density at radius 2 is 1.88 bits per heavy atom. The molecule has 0 aromatic heterocycles. The molecule has 2 unspecified atom stereocenters. The summed E-state index contributed by atoms with van der Waals surface area (Å²) in [6.07, 6.45) is 0.658. The number of hydrogen-bond donors (Lipinski definition) is 0. The first-order valence-corrected chi connectivity index (χ1v) is 9.71. The first-order chi connectivity index (χ1) is 12.0. The summed E-state index contributed by atoms with van der Waals surface area (Å²) in [6.45, 7) is 6.76. The third-order valence-electron chi connectivity index (χ3n) is 4.77. The van der Waals surface area contributed by atoms with Crippen molar-refractivity contribution in [1.82, 2.24) is 9.80 Å². The Bertz CT molecular complexity index is 641. The van der Waals surface area contributed by atoms with E-state index in [2.05, 4.69) is 28.1 Å². The molecule has 0 spiro atoms. The van der Waals surface area contributed by atoms with Gasteiger partial charge in [-0.1, -0.05) is 41.9 Å². The standard InChI is InChI=1S/C19H25BrN2O3/c1-13(2)12-25-19(24)22-8-6-21(7-9-22)18(23)17-11-16(17)14-4-3-5-15(20)10-14/h3-5,10,13,16-17H,6-9,11-12H2,1-2H3. The largest absolute Gasteiger partial charge is 0.449 e. The molecular formula is C19H25BrN2O3. The minimum Gasteiger partial charge on any atom is -0.449 e. The van der Waals surface area contributed by atoms with Gasteiger partial charge >= 0.3 is 6.09 Å². The van der Waals surface area contributed by atoms with Crippen molar-refractivity contribution < 1.29 is 14.3 Å². The summed E-state index contributed by atoms with van der Waals surface area (Å²) >= 11 is 3.49.